The Bertz CT molecular complexity index is 251. The van der Waals surface area contributed by atoms with Crippen LogP contribution >= 0.6 is 11.8 Å². The van der Waals surface area contributed by atoms with Gasteiger partial charge in [-0.25, -0.2) is 0 Å². The summed E-state index contributed by atoms with van der Waals surface area (Å²) < 4.78 is 1.92. The average molecular weight is 201 g/mol. The molecule has 1 unspecified atom stereocenters. The number of hydrogen-bond acceptors (Lipinski definition) is 4. The molecule has 5 heteroatoms. The van der Waals surface area contributed by atoms with Crippen molar-refractivity contribution in [2.75, 3.05) is 6.61 Å². The van der Waals surface area contributed by atoms with Crippen molar-refractivity contribution in [1.82, 2.24) is 14.8 Å². The molecule has 0 saturated carbocycles. The van der Waals surface area contributed by atoms with Crippen LogP contribution in [0, 0.1) is 0 Å². The Balaban J connectivity index is 2.30. The number of aryl methyl sites for hydroxylation is 1. The first-order valence-electron chi connectivity index (χ1n) is 4.29. The molecule has 1 aromatic heterocycles. The van der Waals surface area contributed by atoms with E-state index in [-0.39, 0.29) is 6.61 Å². The Morgan fingerprint density at radius 2 is 2.46 bits per heavy atom. The molecular weight excluding hydrogens is 186 g/mol. The molecule has 0 aliphatic rings. The molecule has 1 heterocycles. The number of aliphatic hydroxyl groups is 1. The summed E-state index contributed by atoms with van der Waals surface area (Å²) in [6, 6.07) is 0. The van der Waals surface area contributed by atoms with E-state index in [2.05, 4.69) is 17.1 Å². The topological polar surface area (TPSA) is 50.9 Å². The number of nitrogens with zero attached hydrogens (tertiary/aromatic N) is 3. The number of thioether (sulfide) groups is 1. The summed E-state index contributed by atoms with van der Waals surface area (Å²) in [5, 5.41) is 16.9. The van der Waals surface area contributed by atoms with E-state index in [1.807, 2.05) is 11.6 Å². The Hall–Kier alpha value is -0.550. The molecule has 0 bridgehead atoms. The summed E-state index contributed by atoms with van der Waals surface area (Å²) in [5.74, 6) is 1.84. The smallest absolute Gasteiger partial charge is 0.142 e. The molecule has 0 aliphatic carbocycles. The molecular formula is C8H15N3OS. The van der Waals surface area contributed by atoms with Gasteiger partial charge < -0.3 is 9.67 Å². The lowest BCUT2D eigenvalue weighted by molar-refractivity contribution is 0.289. The van der Waals surface area contributed by atoms with Crippen LogP contribution in [-0.4, -0.2) is 31.7 Å². The SMILES string of the molecule is CC(CCO)SCc1nncn1C. The quantitative estimate of drug-likeness (QED) is 0.766. The molecule has 1 N–H and O–H groups in total. The first kappa shape index (κ1) is 10.5. The van der Waals surface area contributed by atoms with Crippen molar-refractivity contribution >= 4 is 11.8 Å². The van der Waals surface area contributed by atoms with Crippen molar-refractivity contribution in [1.29, 1.82) is 0 Å². The van der Waals surface area contributed by atoms with Crippen LogP contribution in [0.3, 0.4) is 0 Å². The van der Waals surface area contributed by atoms with E-state index in [4.69, 9.17) is 5.11 Å². The minimum atomic E-state index is 0.257. The zero-order valence-electron chi connectivity index (χ0n) is 7.97. The van der Waals surface area contributed by atoms with Crippen LogP contribution in [0.1, 0.15) is 19.2 Å². The van der Waals surface area contributed by atoms with Gasteiger partial charge in [-0.15, -0.1) is 10.2 Å². The first-order valence-corrected chi connectivity index (χ1v) is 5.34. The molecule has 0 aromatic carbocycles. The Morgan fingerprint density at radius 1 is 1.69 bits per heavy atom. The highest BCUT2D eigenvalue weighted by Crippen LogP contribution is 2.17. The van der Waals surface area contributed by atoms with E-state index < -0.39 is 0 Å². The molecule has 74 valence electrons. The molecule has 0 saturated heterocycles. The summed E-state index contributed by atoms with van der Waals surface area (Å²) in [6.45, 7) is 2.37. The van der Waals surface area contributed by atoms with E-state index in [1.165, 1.54) is 0 Å². The fraction of sp³-hybridized carbons (Fsp3) is 0.750. The fourth-order valence-corrected chi connectivity index (χ4v) is 1.89. The zero-order valence-corrected chi connectivity index (χ0v) is 8.79. The van der Waals surface area contributed by atoms with Crippen LogP contribution < -0.4 is 0 Å². The normalized spacial score (nSPS) is 13.2. The third-order valence-corrected chi connectivity index (χ3v) is 3.07. The van der Waals surface area contributed by atoms with Crippen LogP contribution in [0.15, 0.2) is 6.33 Å². The molecule has 1 atom stereocenters. The van der Waals surface area contributed by atoms with Crippen LogP contribution in [0.4, 0.5) is 0 Å². The van der Waals surface area contributed by atoms with Gasteiger partial charge in [-0.2, -0.15) is 11.8 Å². The Kier molecular flexibility index (Phi) is 4.24. The molecule has 1 aromatic rings. The number of rotatable bonds is 5. The van der Waals surface area contributed by atoms with Crippen LogP contribution in [-0.2, 0) is 12.8 Å². The third kappa shape index (κ3) is 3.36. The maximum absolute atomic E-state index is 8.70. The monoisotopic (exact) mass is 201 g/mol. The second-order valence-corrected chi connectivity index (χ2v) is 4.42. The maximum Gasteiger partial charge on any atom is 0.142 e. The van der Waals surface area contributed by atoms with E-state index in [0.717, 1.165) is 18.0 Å². The minimum absolute atomic E-state index is 0.257. The second kappa shape index (κ2) is 5.24. The van der Waals surface area contributed by atoms with Gasteiger partial charge in [-0.1, -0.05) is 6.92 Å². The minimum Gasteiger partial charge on any atom is -0.396 e. The molecule has 0 fully saturated rings. The first-order chi connectivity index (χ1) is 6.24. The lowest BCUT2D eigenvalue weighted by Crippen LogP contribution is -2.02. The van der Waals surface area contributed by atoms with E-state index >= 15 is 0 Å². The van der Waals surface area contributed by atoms with Crippen molar-refractivity contribution in [3.05, 3.63) is 12.2 Å². The fourth-order valence-electron chi connectivity index (χ4n) is 0.920. The van der Waals surface area contributed by atoms with Gasteiger partial charge in [-0.05, 0) is 6.42 Å². The van der Waals surface area contributed by atoms with Crippen LogP contribution in [0.2, 0.25) is 0 Å². The van der Waals surface area contributed by atoms with Crippen molar-refractivity contribution in [2.45, 2.75) is 24.3 Å². The van der Waals surface area contributed by atoms with E-state index in [0.29, 0.717) is 5.25 Å². The predicted octanol–water partition coefficient (Wildman–Crippen LogP) is 0.819. The molecule has 1 rings (SSSR count). The number of hydrogen-bond donors (Lipinski definition) is 1. The largest absolute Gasteiger partial charge is 0.396 e. The van der Waals surface area contributed by atoms with Gasteiger partial charge in [0.2, 0.25) is 0 Å². The number of aromatic nitrogens is 3. The van der Waals surface area contributed by atoms with Crippen molar-refractivity contribution in [3.63, 3.8) is 0 Å². The van der Waals surface area contributed by atoms with Gasteiger partial charge in [0.25, 0.3) is 0 Å². The number of aliphatic hydroxyl groups excluding tert-OH is 1. The molecule has 0 amide bonds. The van der Waals surface area contributed by atoms with Crippen LogP contribution in [0.25, 0.3) is 0 Å². The predicted molar refractivity (Wildman–Crippen MR) is 53.5 cm³/mol. The maximum atomic E-state index is 8.70. The lowest BCUT2D eigenvalue weighted by atomic mass is 10.3. The average Bonchev–Trinajstić information content (AvgIpc) is 2.48. The van der Waals surface area contributed by atoms with E-state index in [1.54, 1.807) is 18.1 Å². The highest BCUT2D eigenvalue weighted by Gasteiger charge is 2.05. The lowest BCUT2D eigenvalue weighted by Gasteiger charge is -2.07. The van der Waals surface area contributed by atoms with Crippen molar-refractivity contribution in [3.8, 4) is 0 Å². The Labute approximate surface area is 82.4 Å². The van der Waals surface area contributed by atoms with Crippen molar-refractivity contribution < 1.29 is 5.11 Å². The second-order valence-electron chi connectivity index (χ2n) is 2.99. The standard InChI is InChI=1S/C8H15N3OS/c1-7(3-4-12)13-5-8-10-9-6-11(8)2/h6-7,12H,3-5H2,1-2H3. The van der Waals surface area contributed by atoms with Gasteiger partial charge in [0, 0.05) is 18.9 Å². The molecule has 0 aliphatic heterocycles. The van der Waals surface area contributed by atoms with Gasteiger partial charge >= 0.3 is 0 Å². The molecule has 4 nitrogen and oxygen atoms in total. The molecule has 0 radical (unpaired) electrons. The third-order valence-electron chi connectivity index (χ3n) is 1.84. The van der Waals surface area contributed by atoms with Gasteiger partial charge in [0.15, 0.2) is 0 Å². The van der Waals surface area contributed by atoms with Gasteiger partial charge in [0.1, 0.15) is 12.2 Å². The summed E-state index contributed by atoms with van der Waals surface area (Å²) in [4.78, 5) is 0. The molecule has 13 heavy (non-hydrogen) atoms. The zero-order chi connectivity index (χ0) is 9.68. The summed E-state index contributed by atoms with van der Waals surface area (Å²) in [7, 11) is 1.94. The summed E-state index contributed by atoms with van der Waals surface area (Å²) in [5.41, 5.74) is 0. The Morgan fingerprint density at radius 3 is 3.00 bits per heavy atom. The highest BCUT2D eigenvalue weighted by molar-refractivity contribution is 7.99. The summed E-state index contributed by atoms with van der Waals surface area (Å²) >= 11 is 1.79. The van der Waals surface area contributed by atoms with Gasteiger partial charge in [-0.3, -0.25) is 0 Å². The summed E-state index contributed by atoms with van der Waals surface area (Å²) in [6.07, 6.45) is 2.54. The van der Waals surface area contributed by atoms with E-state index in [9.17, 15) is 0 Å². The highest BCUT2D eigenvalue weighted by atomic mass is 32.2. The van der Waals surface area contributed by atoms with Crippen LogP contribution in [0.5, 0.6) is 0 Å². The molecule has 0 spiro atoms. The van der Waals surface area contributed by atoms with Gasteiger partial charge in [0.05, 0.1) is 5.75 Å². The van der Waals surface area contributed by atoms with Crippen molar-refractivity contribution in [2.24, 2.45) is 7.05 Å².